The number of ketones is 1. The molecule has 1 unspecified atom stereocenters. The quantitative estimate of drug-likeness (QED) is 0.828. The summed E-state index contributed by atoms with van der Waals surface area (Å²) in [6.07, 6.45) is 5.06. The standard InChI is InChI=1S/C16H23NO2/c1-3-12-10-13(7-8-16(12)19-2)15(18)11-14-6-4-5-9-17-14/h7-8,10,14,17H,3-6,9,11H2,1-2H3. The van der Waals surface area contributed by atoms with Crippen molar-refractivity contribution in [3.8, 4) is 5.75 Å². The molecule has 1 atom stereocenters. The molecule has 0 aromatic heterocycles. The van der Waals surface area contributed by atoms with Gasteiger partial charge in [0.25, 0.3) is 0 Å². The molecule has 0 spiro atoms. The maximum Gasteiger partial charge on any atom is 0.164 e. The van der Waals surface area contributed by atoms with Crippen LogP contribution in [0.1, 0.15) is 48.5 Å². The summed E-state index contributed by atoms with van der Waals surface area (Å²) in [5.74, 6) is 1.10. The Morgan fingerprint density at radius 2 is 2.26 bits per heavy atom. The second-order valence-corrected chi connectivity index (χ2v) is 5.15. The van der Waals surface area contributed by atoms with Gasteiger partial charge in [-0.05, 0) is 49.6 Å². The van der Waals surface area contributed by atoms with Crippen LogP contribution < -0.4 is 10.1 Å². The minimum Gasteiger partial charge on any atom is -0.496 e. The molecule has 1 aliphatic rings. The lowest BCUT2D eigenvalue weighted by Gasteiger charge is -2.22. The van der Waals surface area contributed by atoms with Crippen LogP contribution in [-0.4, -0.2) is 25.5 Å². The Morgan fingerprint density at radius 1 is 1.42 bits per heavy atom. The van der Waals surface area contributed by atoms with Gasteiger partial charge < -0.3 is 10.1 Å². The fourth-order valence-electron chi connectivity index (χ4n) is 2.67. The largest absolute Gasteiger partial charge is 0.496 e. The zero-order chi connectivity index (χ0) is 13.7. The van der Waals surface area contributed by atoms with E-state index in [4.69, 9.17) is 4.74 Å². The molecule has 1 saturated heterocycles. The second kappa shape index (κ2) is 6.71. The van der Waals surface area contributed by atoms with Crippen molar-refractivity contribution >= 4 is 5.78 Å². The predicted molar refractivity (Wildman–Crippen MR) is 77.0 cm³/mol. The SMILES string of the molecule is CCc1cc(C(=O)CC2CCCCN2)ccc1OC. The Labute approximate surface area is 115 Å². The van der Waals surface area contributed by atoms with E-state index in [0.717, 1.165) is 36.3 Å². The molecule has 3 nitrogen and oxygen atoms in total. The highest BCUT2D eigenvalue weighted by Gasteiger charge is 2.18. The van der Waals surface area contributed by atoms with Gasteiger partial charge in [0.2, 0.25) is 0 Å². The number of methoxy groups -OCH3 is 1. The van der Waals surface area contributed by atoms with Crippen molar-refractivity contribution in [1.29, 1.82) is 0 Å². The van der Waals surface area contributed by atoms with E-state index in [1.807, 2.05) is 18.2 Å². The fraction of sp³-hybridized carbons (Fsp3) is 0.562. The summed E-state index contributed by atoms with van der Waals surface area (Å²) < 4.78 is 5.30. The second-order valence-electron chi connectivity index (χ2n) is 5.15. The van der Waals surface area contributed by atoms with Crippen LogP contribution >= 0.6 is 0 Å². The number of ether oxygens (including phenoxy) is 1. The molecule has 0 aliphatic carbocycles. The van der Waals surface area contributed by atoms with Gasteiger partial charge in [-0.1, -0.05) is 13.3 Å². The summed E-state index contributed by atoms with van der Waals surface area (Å²) in [7, 11) is 1.67. The molecular formula is C16H23NO2. The number of piperidine rings is 1. The smallest absolute Gasteiger partial charge is 0.164 e. The summed E-state index contributed by atoms with van der Waals surface area (Å²) in [6.45, 7) is 3.12. The lowest BCUT2D eigenvalue weighted by Crippen LogP contribution is -2.35. The van der Waals surface area contributed by atoms with Crippen molar-refractivity contribution in [3.05, 3.63) is 29.3 Å². The number of hydrogen-bond acceptors (Lipinski definition) is 3. The van der Waals surface area contributed by atoms with Crippen LogP contribution in [0, 0.1) is 0 Å². The topological polar surface area (TPSA) is 38.3 Å². The first-order valence-electron chi connectivity index (χ1n) is 7.18. The number of nitrogens with one attached hydrogen (secondary N) is 1. The third-order valence-electron chi connectivity index (χ3n) is 3.83. The van der Waals surface area contributed by atoms with Crippen molar-refractivity contribution in [2.75, 3.05) is 13.7 Å². The van der Waals surface area contributed by atoms with Crippen molar-refractivity contribution in [3.63, 3.8) is 0 Å². The number of rotatable bonds is 5. The lowest BCUT2D eigenvalue weighted by atomic mass is 9.96. The van der Waals surface area contributed by atoms with E-state index in [2.05, 4.69) is 12.2 Å². The molecule has 2 rings (SSSR count). The molecule has 1 fully saturated rings. The molecule has 1 heterocycles. The summed E-state index contributed by atoms with van der Waals surface area (Å²) in [6, 6.07) is 6.11. The van der Waals surface area contributed by atoms with Crippen LogP contribution in [-0.2, 0) is 6.42 Å². The molecule has 1 aliphatic heterocycles. The minimum atomic E-state index is 0.233. The van der Waals surface area contributed by atoms with Crippen molar-refractivity contribution in [2.45, 2.75) is 45.1 Å². The molecule has 3 heteroatoms. The van der Waals surface area contributed by atoms with Crippen LogP contribution in [0.15, 0.2) is 18.2 Å². The fourth-order valence-corrected chi connectivity index (χ4v) is 2.67. The molecule has 1 N–H and O–H groups in total. The van der Waals surface area contributed by atoms with Gasteiger partial charge in [-0.25, -0.2) is 0 Å². The maximum atomic E-state index is 12.3. The number of carbonyl (C=O) groups excluding carboxylic acids is 1. The first kappa shape index (κ1) is 14.1. The normalized spacial score (nSPS) is 19.2. The van der Waals surface area contributed by atoms with Crippen LogP contribution in [0.25, 0.3) is 0 Å². The van der Waals surface area contributed by atoms with E-state index in [1.165, 1.54) is 12.8 Å². The molecule has 0 bridgehead atoms. The first-order chi connectivity index (χ1) is 9.24. The van der Waals surface area contributed by atoms with Gasteiger partial charge >= 0.3 is 0 Å². The van der Waals surface area contributed by atoms with E-state index in [1.54, 1.807) is 7.11 Å². The monoisotopic (exact) mass is 261 g/mol. The zero-order valence-corrected chi connectivity index (χ0v) is 11.9. The van der Waals surface area contributed by atoms with Gasteiger partial charge in [0, 0.05) is 18.0 Å². The first-order valence-corrected chi connectivity index (χ1v) is 7.18. The Morgan fingerprint density at radius 3 is 2.89 bits per heavy atom. The lowest BCUT2D eigenvalue weighted by molar-refractivity contribution is 0.0963. The Bertz CT molecular complexity index is 436. The van der Waals surface area contributed by atoms with Gasteiger partial charge in [0.1, 0.15) is 5.75 Å². The molecule has 1 aromatic rings. The van der Waals surface area contributed by atoms with E-state index < -0.39 is 0 Å². The third-order valence-corrected chi connectivity index (χ3v) is 3.83. The van der Waals surface area contributed by atoms with Gasteiger partial charge in [-0.15, -0.1) is 0 Å². The number of Topliss-reactive ketones (excluding diaryl/α,β-unsaturated/α-hetero) is 1. The van der Waals surface area contributed by atoms with E-state index >= 15 is 0 Å². The van der Waals surface area contributed by atoms with Gasteiger partial charge in [-0.2, -0.15) is 0 Å². The van der Waals surface area contributed by atoms with Gasteiger partial charge in [0.15, 0.2) is 5.78 Å². The summed E-state index contributed by atoms with van der Waals surface area (Å²) >= 11 is 0. The van der Waals surface area contributed by atoms with Crippen LogP contribution in [0.5, 0.6) is 5.75 Å². The molecule has 1 aromatic carbocycles. The molecule has 0 radical (unpaired) electrons. The average molecular weight is 261 g/mol. The Kier molecular flexibility index (Phi) is 4.97. The van der Waals surface area contributed by atoms with Gasteiger partial charge in [-0.3, -0.25) is 4.79 Å². The van der Waals surface area contributed by atoms with Crippen molar-refractivity contribution in [1.82, 2.24) is 5.32 Å². The highest BCUT2D eigenvalue weighted by Crippen LogP contribution is 2.22. The summed E-state index contributed by atoms with van der Waals surface area (Å²) in [4.78, 5) is 12.3. The van der Waals surface area contributed by atoms with Crippen LogP contribution in [0.2, 0.25) is 0 Å². The van der Waals surface area contributed by atoms with Crippen molar-refractivity contribution in [2.24, 2.45) is 0 Å². The highest BCUT2D eigenvalue weighted by molar-refractivity contribution is 5.96. The number of benzene rings is 1. The summed E-state index contributed by atoms with van der Waals surface area (Å²) in [5.41, 5.74) is 1.91. The Balaban J connectivity index is 2.05. The Hall–Kier alpha value is -1.35. The van der Waals surface area contributed by atoms with Crippen LogP contribution in [0.4, 0.5) is 0 Å². The minimum absolute atomic E-state index is 0.233. The number of aryl methyl sites for hydroxylation is 1. The molecular weight excluding hydrogens is 238 g/mol. The molecule has 19 heavy (non-hydrogen) atoms. The average Bonchev–Trinajstić information content (AvgIpc) is 2.47. The van der Waals surface area contributed by atoms with Crippen LogP contribution in [0.3, 0.4) is 0 Å². The maximum absolute atomic E-state index is 12.3. The molecule has 0 saturated carbocycles. The van der Waals surface area contributed by atoms with Crippen molar-refractivity contribution < 1.29 is 9.53 Å². The molecule has 0 amide bonds. The predicted octanol–water partition coefficient (Wildman–Crippen LogP) is 2.97. The summed E-state index contributed by atoms with van der Waals surface area (Å²) in [5, 5.41) is 3.43. The molecule has 104 valence electrons. The third kappa shape index (κ3) is 3.57. The zero-order valence-electron chi connectivity index (χ0n) is 11.9. The number of hydrogen-bond donors (Lipinski definition) is 1. The van der Waals surface area contributed by atoms with E-state index in [0.29, 0.717) is 12.5 Å². The number of carbonyl (C=O) groups is 1. The highest BCUT2D eigenvalue weighted by atomic mass is 16.5. The van der Waals surface area contributed by atoms with E-state index in [9.17, 15) is 4.79 Å². The van der Waals surface area contributed by atoms with E-state index in [-0.39, 0.29) is 5.78 Å². The van der Waals surface area contributed by atoms with Gasteiger partial charge in [0.05, 0.1) is 7.11 Å².